The Morgan fingerprint density at radius 3 is 2.62 bits per heavy atom. The van der Waals surface area contributed by atoms with E-state index in [0.717, 1.165) is 11.3 Å². The standard InChI is InChI=1S/C20H21N3O4S2/c1-2-17-13-16(14-21)20(28-17)22-19(24)8-5-15-3-6-18(7-4-15)29(25,26)23-9-11-27-12-10-23/h3-8,13H,2,9-12H2,1H3,(H,22,24)/b8-5+. The molecule has 0 atom stereocenters. The molecule has 1 aromatic carbocycles. The lowest BCUT2D eigenvalue weighted by atomic mass is 10.2. The fraction of sp³-hybridized carbons (Fsp3) is 0.300. The SMILES string of the molecule is CCc1cc(C#N)c(NC(=O)/C=C/c2ccc(S(=O)(=O)N3CCOCC3)cc2)s1. The number of hydrogen-bond acceptors (Lipinski definition) is 6. The van der Waals surface area contributed by atoms with Gasteiger partial charge < -0.3 is 10.1 Å². The summed E-state index contributed by atoms with van der Waals surface area (Å²) in [5.74, 6) is -0.351. The van der Waals surface area contributed by atoms with Gasteiger partial charge in [0, 0.05) is 24.0 Å². The molecule has 1 amide bonds. The summed E-state index contributed by atoms with van der Waals surface area (Å²) in [6, 6.07) is 10.2. The van der Waals surface area contributed by atoms with Crippen LogP contribution in [0.5, 0.6) is 0 Å². The predicted octanol–water partition coefficient (Wildman–Crippen LogP) is 2.85. The number of nitriles is 1. The van der Waals surface area contributed by atoms with E-state index in [1.807, 2.05) is 6.92 Å². The summed E-state index contributed by atoms with van der Waals surface area (Å²) in [4.78, 5) is 13.4. The van der Waals surface area contributed by atoms with Gasteiger partial charge in [0.25, 0.3) is 0 Å². The Morgan fingerprint density at radius 1 is 1.31 bits per heavy atom. The zero-order valence-corrected chi connectivity index (χ0v) is 17.6. The number of carbonyl (C=O) groups excluding carboxylic acids is 1. The second kappa shape index (κ2) is 9.33. The first-order chi connectivity index (χ1) is 13.9. The number of ether oxygens (including phenoxy) is 1. The first kappa shape index (κ1) is 21.2. The molecule has 1 aromatic heterocycles. The van der Waals surface area contributed by atoms with E-state index in [1.54, 1.807) is 24.3 Å². The highest BCUT2D eigenvalue weighted by Crippen LogP contribution is 2.28. The highest BCUT2D eigenvalue weighted by Gasteiger charge is 2.25. The van der Waals surface area contributed by atoms with Crippen molar-refractivity contribution in [2.24, 2.45) is 0 Å². The zero-order valence-electron chi connectivity index (χ0n) is 15.9. The zero-order chi connectivity index (χ0) is 20.9. The highest BCUT2D eigenvalue weighted by atomic mass is 32.2. The maximum atomic E-state index is 12.6. The van der Waals surface area contributed by atoms with E-state index in [2.05, 4.69) is 11.4 Å². The van der Waals surface area contributed by atoms with Crippen molar-refractivity contribution in [3.8, 4) is 6.07 Å². The number of hydrogen-bond donors (Lipinski definition) is 1. The van der Waals surface area contributed by atoms with Crippen molar-refractivity contribution in [2.75, 3.05) is 31.6 Å². The molecule has 0 aliphatic carbocycles. The molecule has 1 aliphatic heterocycles. The maximum absolute atomic E-state index is 12.6. The predicted molar refractivity (Wildman–Crippen MR) is 112 cm³/mol. The fourth-order valence-electron chi connectivity index (χ4n) is 2.80. The van der Waals surface area contributed by atoms with E-state index in [0.29, 0.717) is 42.4 Å². The topological polar surface area (TPSA) is 99.5 Å². The number of anilines is 1. The lowest BCUT2D eigenvalue weighted by Crippen LogP contribution is -2.40. The minimum Gasteiger partial charge on any atom is -0.379 e. The number of benzene rings is 1. The Morgan fingerprint density at radius 2 is 2.00 bits per heavy atom. The maximum Gasteiger partial charge on any atom is 0.249 e. The van der Waals surface area contributed by atoms with Crippen LogP contribution >= 0.6 is 11.3 Å². The van der Waals surface area contributed by atoms with Crippen LogP contribution in [-0.2, 0) is 26.0 Å². The van der Waals surface area contributed by atoms with E-state index in [4.69, 9.17) is 10.00 Å². The molecule has 0 saturated carbocycles. The molecule has 152 valence electrons. The molecular formula is C20H21N3O4S2. The molecule has 9 heteroatoms. The first-order valence-corrected chi connectivity index (χ1v) is 11.4. The molecule has 2 heterocycles. The summed E-state index contributed by atoms with van der Waals surface area (Å²) in [5, 5.41) is 12.4. The molecule has 2 aromatic rings. The van der Waals surface area contributed by atoms with E-state index in [9.17, 15) is 13.2 Å². The average Bonchev–Trinajstić information content (AvgIpc) is 3.15. The second-order valence-electron chi connectivity index (χ2n) is 6.33. The Balaban J connectivity index is 1.66. The van der Waals surface area contributed by atoms with E-state index in [-0.39, 0.29) is 10.8 Å². The summed E-state index contributed by atoms with van der Waals surface area (Å²) in [6.07, 6.45) is 3.75. The van der Waals surface area contributed by atoms with Crippen molar-refractivity contribution in [2.45, 2.75) is 18.2 Å². The number of thiophene rings is 1. The van der Waals surface area contributed by atoms with Crippen molar-refractivity contribution in [3.63, 3.8) is 0 Å². The smallest absolute Gasteiger partial charge is 0.249 e. The summed E-state index contributed by atoms with van der Waals surface area (Å²) >= 11 is 1.38. The molecule has 0 spiro atoms. The Labute approximate surface area is 174 Å². The highest BCUT2D eigenvalue weighted by molar-refractivity contribution is 7.89. The van der Waals surface area contributed by atoms with Gasteiger partial charge in [0.1, 0.15) is 11.1 Å². The van der Waals surface area contributed by atoms with Gasteiger partial charge in [0.05, 0.1) is 23.7 Å². The third-order valence-electron chi connectivity index (χ3n) is 4.40. The Kier molecular flexibility index (Phi) is 6.82. The molecule has 3 rings (SSSR count). The fourth-order valence-corrected chi connectivity index (χ4v) is 5.16. The molecule has 1 saturated heterocycles. The number of sulfonamides is 1. The van der Waals surface area contributed by atoms with Crippen LogP contribution in [0.3, 0.4) is 0 Å². The van der Waals surface area contributed by atoms with Crippen LogP contribution in [0.15, 0.2) is 41.3 Å². The summed E-state index contributed by atoms with van der Waals surface area (Å²) in [5.41, 5.74) is 1.15. The van der Waals surface area contributed by atoms with Crippen LogP contribution in [0.2, 0.25) is 0 Å². The number of aryl methyl sites for hydroxylation is 1. The molecule has 1 N–H and O–H groups in total. The van der Waals surface area contributed by atoms with Gasteiger partial charge in [0.2, 0.25) is 15.9 Å². The van der Waals surface area contributed by atoms with Gasteiger partial charge in [-0.15, -0.1) is 11.3 Å². The van der Waals surface area contributed by atoms with Gasteiger partial charge in [0.15, 0.2) is 0 Å². The lowest BCUT2D eigenvalue weighted by Gasteiger charge is -2.26. The largest absolute Gasteiger partial charge is 0.379 e. The third-order valence-corrected chi connectivity index (χ3v) is 7.51. The van der Waals surface area contributed by atoms with Gasteiger partial charge in [-0.2, -0.15) is 9.57 Å². The Bertz CT molecular complexity index is 1040. The molecular weight excluding hydrogens is 410 g/mol. The molecule has 0 radical (unpaired) electrons. The molecule has 1 fully saturated rings. The van der Waals surface area contributed by atoms with Gasteiger partial charge in [-0.05, 0) is 36.3 Å². The molecule has 7 nitrogen and oxygen atoms in total. The van der Waals surface area contributed by atoms with Crippen LogP contribution in [0.1, 0.15) is 22.9 Å². The average molecular weight is 432 g/mol. The van der Waals surface area contributed by atoms with Crippen LogP contribution in [-0.4, -0.2) is 44.9 Å². The van der Waals surface area contributed by atoms with E-state index < -0.39 is 10.0 Å². The van der Waals surface area contributed by atoms with Gasteiger partial charge in [-0.3, -0.25) is 4.79 Å². The van der Waals surface area contributed by atoms with Crippen molar-refractivity contribution < 1.29 is 17.9 Å². The number of morpholine rings is 1. The van der Waals surface area contributed by atoms with Crippen molar-refractivity contribution in [1.29, 1.82) is 5.26 Å². The van der Waals surface area contributed by atoms with Crippen LogP contribution in [0.25, 0.3) is 6.08 Å². The van der Waals surface area contributed by atoms with Gasteiger partial charge >= 0.3 is 0 Å². The quantitative estimate of drug-likeness (QED) is 0.709. The number of rotatable bonds is 6. The molecule has 0 unspecified atom stereocenters. The third kappa shape index (κ3) is 5.10. The Hall–Kier alpha value is -2.51. The van der Waals surface area contributed by atoms with Crippen molar-refractivity contribution in [1.82, 2.24) is 4.31 Å². The van der Waals surface area contributed by atoms with Crippen LogP contribution in [0.4, 0.5) is 5.00 Å². The second-order valence-corrected chi connectivity index (χ2v) is 9.40. The number of carbonyl (C=O) groups is 1. The van der Waals surface area contributed by atoms with E-state index >= 15 is 0 Å². The summed E-state index contributed by atoms with van der Waals surface area (Å²) < 4.78 is 31.8. The van der Waals surface area contributed by atoms with Gasteiger partial charge in [-0.25, -0.2) is 8.42 Å². The van der Waals surface area contributed by atoms with Crippen LogP contribution < -0.4 is 5.32 Å². The van der Waals surface area contributed by atoms with Crippen molar-refractivity contribution in [3.05, 3.63) is 52.4 Å². The number of nitrogens with one attached hydrogen (secondary N) is 1. The lowest BCUT2D eigenvalue weighted by molar-refractivity contribution is -0.111. The van der Waals surface area contributed by atoms with Gasteiger partial charge in [-0.1, -0.05) is 19.1 Å². The minimum atomic E-state index is -3.54. The van der Waals surface area contributed by atoms with Crippen molar-refractivity contribution >= 4 is 38.3 Å². The van der Waals surface area contributed by atoms with E-state index in [1.165, 1.54) is 33.9 Å². The minimum absolute atomic E-state index is 0.213. The summed E-state index contributed by atoms with van der Waals surface area (Å²) in [6.45, 7) is 3.47. The molecule has 29 heavy (non-hydrogen) atoms. The van der Waals surface area contributed by atoms with Crippen LogP contribution in [0, 0.1) is 11.3 Å². The number of amides is 1. The summed E-state index contributed by atoms with van der Waals surface area (Å²) in [7, 11) is -3.54. The number of nitrogens with zero attached hydrogens (tertiary/aromatic N) is 2. The molecule has 1 aliphatic rings. The molecule has 0 bridgehead atoms. The normalized spacial score (nSPS) is 15.3. The monoisotopic (exact) mass is 431 g/mol. The first-order valence-electron chi connectivity index (χ1n) is 9.14.